The summed E-state index contributed by atoms with van der Waals surface area (Å²) in [6.45, 7) is 3.97. The lowest BCUT2D eigenvalue weighted by molar-refractivity contribution is -0.154. The van der Waals surface area contributed by atoms with Crippen molar-refractivity contribution in [3.05, 3.63) is 42.5 Å². The van der Waals surface area contributed by atoms with Crippen LogP contribution < -0.4 is 4.31 Å². The number of imidazole rings is 1. The summed E-state index contributed by atoms with van der Waals surface area (Å²) < 4.78 is 34.0. The molecule has 1 saturated carbocycles. The van der Waals surface area contributed by atoms with Gasteiger partial charge in [0.15, 0.2) is 17.0 Å². The van der Waals surface area contributed by atoms with E-state index in [1.54, 1.807) is 18.2 Å². The first-order valence-electron chi connectivity index (χ1n) is 12.7. The Morgan fingerprint density at radius 3 is 2.54 bits per heavy atom. The fourth-order valence-electron chi connectivity index (χ4n) is 5.61. The van der Waals surface area contributed by atoms with Crippen LogP contribution in [0.2, 0.25) is 0 Å². The third kappa shape index (κ3) is 4.28. The normalized spacial score (nSPS) is 20.2. The number of cyclic esters (lactones) is 1. The monoisotopic (exact) mass is 525 g/mol. The molecule has 0 amide bonds. The van der Waals surface area contributed by atoms with Crippen LogP contribution in [-0.4, -0.2) is 52.8 Å². The second kappa shape index (κ2) is 9.51. The van der Waals surface area contributed by atoms with Crippen LogP contribution in [0.15, 0.2) is 41.9 Å². The minimum absolute atomic E-state index is 0.132. The molecule has 2 atom stereocenters. The summed E-state index contributed by atoms with van der Waals surface area (Å²) in [6, 6.07) is 7.06. The fraction of sp³-hybridized carbons (Fsp3) is 0.500. The van der Waals surface area contributed by atoms with E-state index in [0.29, 0.717) is 18.5 Å². The summed E-state index contributed by atoms with van der Waals surface area (Å²) in [5.41, 5.74) is 0.588. The fourth-order valence-corrected chi connectivity index (χ4v) is 6.85. The lowest BCUT2D eigenvalue weighted by atomic mass is 9.75. The predicted molar refractivity (Wildman–Crippen MR) is 136 cm³/mol. The molecule has 1 saturated heterocycles. The van der Waals surface area contributed by atoms with E-state index in [9.17, 15) is 18.0 Å². The quantitative estimate of drug-likeness (QED) is 0.240. The van der Waals surface area contributed by atoms with E-state index in [1.165, 1.54) is 19.7 Å². The Morgan fingerprint density at radius 1 is 1.14 bits per heavy atom. The van der Waals surface area contributed by atoms with Crippen LogP contribution in [0.4, 0.5) is 5.69 Å². The molecule has 0 radical (unpaired) electrons. The summed E-state index contributed by atoms with van der Waals surface area (Å²) in [7, 11) is -2.61. The second-order valence-electron chi connectivity index (χ2n) is 9.97. The zero-order valence-electron chi connectivity index (χ0n) is 21.2. The first kappa shape index (κ1) is 25.3. The van der Waals surface area contributed by atoms with Gasteiger partial charge in [-0.05, 0) is 49.3 Å². The molecule has 1 aliphatic heterocycles. The van der Waals surface area contributed by atoms with E-state index in [0.717, 1.165) is 35.6 Å². The Hall–Kier alpha value is -3.34. The Morgan fingerprint density at radius 2 is 1.86 bits per heavy atom. The number of benzene rings is 1. The molecular weight excluding hydrogens is 494 g/mol. The molecule has 11 heteroatoms. The number of hydrogen-bond donors (Lipinski definition) is 1. The van der Waals surface area contributed by atoms with E-state index < -0.39 is 27.5 Å². The maximum atomic E-state index is 13.8. The number of H-pyrrole nitrogens is 1. The van der Waals surface area contributed by atoms with Gasteiger partial charge in [0.05, 0.1) is 12.0 Å². The Labute approximate surface area is 215 Å². The van der Waals surface area contributed by atoms with E-state index in [1.807, 2.05) is 19.9 Å². The van der Waals surface area contributed by atoms with Crippen LogP contribution in [0.3, 0.4) is 0 Å². The minimum atomic E-state index is -4.06. The maximum absolute atomic E-state index is 13.8. The van der Waals surface area contributed by atoms with Crippen molar-refractivity contribution in [3.63, 3.8) is 0 Å². The SMILES string of the molecule is CCCC1(CCC)OC(=O)C(C(c2cccc(N(C)S(=O)(=O)c3ncnc4nc[nH]c34)c2)C2CC2)C1=O. The summed E-state index contributed by atoms with van der Waals surface area (Å²) in [4.78, 5) is 41.8. The number of ether oxygens (including phenoxy) is 1. The van der Waals surface area contributed by atoms with Gasteiger partial charge in [0, 0.05) is 13.0 Å². The first-order valence-corrected chi connectivity index (χ1v) is 14.2. The number of Topliss-reactive ketones (excluding diaryl/α,β-unsaturated/α-hetero) is 1. The highest BCUT2D eigenvalue weighted by atomic mass is 32.2. The molecule has 3 aromatic rings. The molecule has 1 aromatic carbocycles. The molecule has 0 spiro atoms. The van der Waals surface area contributed by atoms with E-state index in [4.69, 9.17) is 4.74 Å². The number of anilines is 1. The Kier molecular flexibility index (Phi) is 6.51. The van der Waals surface area contributed by atoms with Crippen molar-refractivity contribution in [2.45, 2.75) is 68.9 Å². The molecule has 2 fully saturated rings. The van der Waals surface area contributed by atoms with Gasteiger partial charge in [-0.3, -0.25) is 13.9 Å². The molecule has 37 heavy (non-hydrogen) atoms. The van der Waals surface area contributed by atoms with E-state index >= 15 is 0 Å². The lowest BCUT2D eigenvalue weighted by Crippen LogP contribution is -2.38. The van der Waals surface area contributed by atoms with Crippen LogP contribution in [0, 0.1) is 11.8 Å². The molecule has 3 heterocycles. The molecule has 1 N–H and O–H groups in total. The van der Waals surface area contributed by atoms with Crippen molar-refractivity contribution in [1.29, 1.82) is 0 Å². The van der Waals surface area contributed by atoms with Gasteiger partial charge < -0.3 is 9.72 Å². The van der Waals surface area contributed by atoms with Crippen molar-refractivity contribution in [2.75, 3.05) is 11.4 Å². The summed E-state index contributed by atoms with van der Waals surface area (Å²) in [5.74, 6) is -1.66. The second-order valence-corrected chi connectivity index (χ2v) is 11.9. The number of carbonyl (C=O) groups is 2. The highest BCUT2D eigenvalue weighted by molar-refractivity contribution is 7.92. The average Bonchev–Trinajstić information content (AvgIpc) is 3.55. The van der Waals surface area contributed by atoms with Crippen molar-refractivity contribution in [1.82, 2.24) is 19.9 Å². The number of hydrogen-bond acceptors (Lipinski definition) is 8. The Balaban J connectivity index is 1.50. The molecule has 1 aliphatic carbocycles. The largest absolute Gasteiger partial charge is 0.450 e. The molecule has 0 bridgehead atoms. The lowest BCUT2D eigenvalue weighted by Gasteiger charge is -2.26. The predicted octanol–water partition coefficient (Wildman–Crippen LogP) is 3.75. The van der Waals surface area contributed by atoms with Gasteiger partial charge in [0.25, 0.3) is 10.0 Å². The van der Waals surface area contributed by atoms with Gasteiger partial charge in [0.2, 0.25) is 5.03 Å². The first-order chi connectivity index (χ1) is 17.7. The van der Waals surface area contributed by atoms with E-state index in [2.05, 4.69) is 19.9 Å². The number of nitrogens with zero attached hydrogens (tertiary/aromatic N) is 4. The number of nitrogens with one attached hydrogen (secondary N) is 1. The van der Waals surface area contributed by atoms with E-state index in [-0.39, 0.29) is 33.8 Å². The smallest absolute Gasteiger partial charge is 0.318 e. The average molecular weight is 526 g/mol. The van der Waals surface area contributed by atoms with Gasteiger partial charge in [-0.25, -0.2) is 15.0 Å². The molecule has 2 aromatic heterocycles. The van der Waals surface area contributed by atoms with Crippen molar-refractivity contribution in [2.24, 2.45) is 11.8 Å². The molecule has 10 nitrogen and oxygen atoms in total. The summed E-state index contributed by atoms with van der Waals surface area (Å²) >= 11 is 0. The zero-order valence-corrected chi connectivity index (χ0v) is 22.0. The summed E-state index contributed by atoms with van der Waals surface area (Å²) in [6.07, 6.45) is 6.87. The minimum Gasteiger partial charge on any atom is -0.450 e. The molecule has 5 rings (SSSR count). The maximum Gasteiger partial charge on any atom is 0.318 e. The van der Waals surface area contributed by atoms with Crippen molar-refractivity contribution < 1.29 is 22.7 Å². The number of rotatable bonds is 10. The molecule has 2 unspecified atom stereocenters. The van der Waals surface area contributed by atoms with Gasteiger partial charge in [-0.2, -0.15) is 8.42 Å². The third-order valence-electron chi connectivity index (χ3n) is 7.49. The molecule has 196 valence electrons. The number of aromatic amines is 1. The summed E-state index contributed by atoms with van der Waals surface area (Å²) in [5, 5.41) is -0.180. The highest BCUT2D eigenvalue weighted by Gasteiger charge is 2.58. The Bertz CT molecular complexity index is 1440. The van der Waals surface area contributed by atoms with Gasteiger partial charge in [0.1, 0.15) is 17.8 Å². The number of aromatic nitrogens is 4. The number of sulfonamides is 1. The number of ketones is 1. The van der Waals surface area contributed by atoms with Gasteiger partial charge in [-0.15, -0.1) is 0 Å². The van der Waals surface area contributed by atoms with Crippen LogP contribution >= 0.6 is 0 Å². The highest BCUT2D eigenvalue weighted by Crippen LogP contribution is 2.52. The number of esters is 1. The molecular formula is C26H31N5O5S. The topological polar surface area (TPSA) is 135 Å². The van der Waals surface area contributed by atoms with Crippen molar-refractivity contribution >= 4 is 38.6 Å². The standard InChI is InChI=1S/C26H31N5O5S/c1-4-11-26(12-5-2)22(32)20(25(33)36-26)19(16-9-10-16)17-7-6-8-18(13-17)31(3)37(34,35)24-21-23(28-14-27-21)29-15-30-24/h6-8,13-16,19-20H,4-5,9-12H2,1-3H3,(H,27,28,29,30). The van der Waals surface area contributed by atoms with Crippen LogP contribution in [-0.2, 0) is 24.3 Å². The van der Waals surface area contributed by atoms with Crippen molar-refractivity contribution in [3.8, 4) is 0 Å². The van der Waals surface area contributed by atoms with Crippen LogP contribution in [0.5, 0.6) is 0 Å². The zero-order chi connectivity index (χ0) is 26.4. The third-order valence-corrected chi connectivity index (χ3v) is 9.22. The number of carbonyl (C=O) groups excluding carboxylic acids is 2. The van der Waals surface area contributed by atoms with Crippen LogP contribution in [0.1, 0.15) is 63.9 Å². The van der Waals surface area contributed by atoms with Gasteiger partial charge >= 0.3 is 5.97 Å². The number of fused-ring (bicyclic) bond motifs is 1. The molecule has 2 aliphatic rings. The van der Waals surface area contributed by atoms with Crippen LogP contribution in [0.25, 0.3) is 11.2 Å². The van der Waals surface area contributed by atoms with Gasteiger partial charge in [-0.1, -0.05) is 38.8 Å².